The van der Waals surface area contributed by atoms with E-state index in [-0.39, 0.29) is 17.2 Å². The standard InChI is InChI=1S/C20H20N4O3/c1-3-24(4-2)20(27)13-8-7-9-14(12-13)21-19(26)17-15-10-5-6-11-16(15)18(25)23-22-17/h5-12H,3-4H2,1-2H3,(H,21,26)(H,23,25). The first-order chi connectivity index (χ1) is 13.0. The SMILES string of the molecule is CCN(CC)C(=O)c1cccc(NC(=O)c2n[nH]c(=O)c3ccccc23)c1. The van der Waals surface area contributed by atoms with E-state index in [1.54, 1.807) is 53.4 Å². The third-order valence-electron chi connectivity index (χ3n) is 4.33. The third-order valence-corrected chi connectivity index (χ3v) is 4.33. The zero-order valence-corrected chi connectivity index (χ0v) is 15.2. The summed E-state index contributed by atoms with van der Waals surface area (Å²) in [5.41, 5.74) is 0.741. The first-order valence-corrected chi connectivity index (χ1v) is 8.73. The van der Waals surface area contributed by atoms with Gasteiger partial charge in [-0.2, -0.15) is 5.10 Å². The molecule has 7 heteroatoms. The van der Waals surface area contributed by atoms with Gasteiger partial charge in [0, 0.05) is 29.7 Å². The van der Waals surface area contributed by atoms with Gasteiger partial charge in [0.05, 0.1) is 5.39 Å². The van der Waals surface area contributed by atoms with Crippen LogP contribution in [0.15, 0.2) is 53.3 Å². The lowest BCUT2D eigenvalue weighted by Crippen LogP contribution is -2.30. The molecule has 0 aliphatic heterocycles. The van der Waals surface area contributed by atoms with Gasteiger partial charge in [-0.05, 0) is 38.1 Å². The van der Waals surface area contributed by atoms with E-state index in [1.807, 2.05) is 13.8 Å². The Morgan fingerprint density at radius 1 is 1.04 bits per heavy atom. The van der Waals surface area contributed by atoms with Crippen molar-refractivity contribution < 1.29 is 9.59 Å². The molecule has 0 unspecified atom stereocenters. The maximum absolute atomic E-state index is 12.7. The summed E-state index contributed by atoms with van der Waals surface area (Å²) >= 11 is 0. The number of hydrogen-bond acceptors (Lipinski definition) is 4. The maximum atomic E-state index is 12.7. The second-order valence-electron chi connectivity index (χ2n) is 5.96. The van der Waals surface area contributed by atoms with E-state index in [1.165, 1.54) is 0 Å². The van der Waals surface area contributed by atoms with Gasteiger partial charge in [0.1, 0.15) is 0 Å². The van der Waals surface area contributed by atoms with E-state index in [2.05, 4.69) is 15.5 Å². The summed E-state index contributed by atoms with van der Waals surface area (Å²) in [5.74, 6) is -0.557. The van der Waals surface area contributed by atoms with Gasteiger partial charge in [-0.1, -0.05) is 24.3 Å². The summed E-state index contributed by atoms with van der Waals surface area (Å²) in [7, 11) is 0. The van der Waals surface area contributed by atoms with E-state index >= 15 is 0 Å². The predicted octanol–water partition coefficient (Wildman–Crippen LogP) is 2.66. The highest BCUT2D eigenvalue weighted by Gasteiger charge is 2.16. The number of aromatic amines is 1. The van der Waals surface area contributed by atoms with Crippen molar-refractivity contribution in [3.63, 3.8) is 0 Å². The van der Waals surface area contributed by atoms with Gasteiger partial charge in [0.15, 0.2) is 5.69 Å². The highest BCUT2D eigenvalue weighted by atomic mass is 16.2. The van der Waals surface area contributed by atoms with Crippen LogP contribution in [0.2, 0.25) is 0 Å². The van der Waals surface area contributed by atoms with Crippen LogP contribution in [-0.4, -0.2) is 40.0 Å². The lowest BCUT2D eigenvalue weighted by molar-refractivity contribution is 0.0772. The number of nitrogens with one attached hydrogen (secondary N) is 2. The number of nitrogens with zero attached hydrogens (tertiary/aromatic N) is 2. The second-order valence-corrected chi connectivity index (χ2v) is 5.96. The monoisotopic (exact) mass is 364 g/mol. The minimum atomic E-state index is -0.463. The van der Waals surface area contributed by atoms with Gasteiger partial charge in [-0.15, -0.1) is 0 Å². The average Bonchev–Trinajstić information content (AvgIpc) is 2.69. The lowest BCUT2D eigenvalue weighted by atomic mass is 10.1. The molecule has 0 bridgehead atoms. The molecule has 2 N–H and O–H groups in total. The molecule has 0 aliphatic rings. The van der Waals surface area contributed by atoms with Gasteiger partial charge in [0.2, 0.25) is 0 Å². The van der Waals surface area contributed by atoms with E-state index < -0.39 is 5.91 Å². The number of amides is 2. The molecule has 0 atom stereocenters. The molecule has 3 aromatic rings. The number of anilines is 1. The Morgan fingerprint density at radius 2 is 1.74 bits per heavy atom. The van der Waals surface area contributed by atoms with Crippen LogP contribution in [0.3, 0.4) is 0 Å². The normalized spacial score (nSPS) is 10.6. The second kappa shape index (κ2) is 7.82. The van der Waals surface area contributed by atoms with Gasteiger partial charge >= 0.3 is 0 Å². The zero-order chi connectivity index (χ0) is 19.4. The van der Waals surface area contributed by atoms with Crippen molar-refractivity contribution in [3.05, 3.63) is 70.1 Å². The van der Waals surface area contributed by atoms with Crippen LogP contribution in [0, 0.1) is 0 Å². The summed E-state index contributed by atoms with van der Waals surface area (Å²) in [6, 6.07) is 13.5. The number of fused-ring (bicyclic) bond motifs is 1. The van der Waals surface area contributed by atoms with Gasteiger partial charge in [-0.25, -0.2) is 5.10 Å². The molecule has 0 saturated carbocycles. The molecule has 1 heterocycles. The fraction of sp³-hybridized carbons (Fsp3) is 0.200. The third kappa shape index (κ3) is 3.72. The number of benzene rings is 2. The highest BCUT2D eigenvalue weighted by molar-refractivity contribution is 6.11. The van der Waals surface area contributed by atoms with Crippen LogP contribution >= 0.6 is 0 Å². The predicted molar refractivity (Wildman–Crippen MR) is 104 cm³/mol. The van der Waals surface area contributed by atoms with E-state index in [0.29, 0.717) is 35.1 Å². The molecule has 3 rings (SSSR count). The van der Waals surface area contributed by atoms with E-state index in [0.717, 1.165) is 0 Å². The number of carbonyl (C=O) groups is 2. The van der Waals surface area contributed by atoms with Crippen molar-refractivity contribution in [2.75, 3.05) is 18.4 Å². The van der Waals surface area contributed by atoms with Crippen molar-refractivity contribution in [2.24, 2.45) is 0 Å². The van der Waals surface area contributed by atoms with Gasteiger partial charge in [-0.3, -0.25) is 14.4 Å². The smallest absolute Gasteiger partial charge is 0.276 e. The fourth-order valence-electron chi connectivity index (χ4n) is 2.90. The topological polar surface area (TPSA) is 95.2 Å². The molecular weight excluding hydrogens is 344 g/mol. The number of carbonyl (C=O) groups excluding carboxylic acids is 2. The molecule has 2 amide bonds. The Kier molecular flexibility index (Phi) is 5.30. The Bertz CT molecular complexity index is 1050. The Labute approximate surface area is 156 Å². The van der Waals surface area contributed by atoms with Crippen molar-refractivity contribution in [1.29, 1.82) is 0 Å². The molecule has 138 valence electrons. The highest BCUT2D eigenvalue weighted by Crippen LogP contribution is 2.17. The number of aromatic nitrogens is 2. The maximum Gasteiger partial charge on any atom is 0.276 e. The first kappa shape index (κ1) is 18.3. The molecule has 0 aliphatic carbocycles. The van der Waals surface area contributed by atoms with Crippen LogP contribution in [0.4, 0.5) is 5.69 Å². The van der Waals surface area contributed by atoms with Crippen molar-refractivity contribution in [2.45, 2.75) is 13.8 Å². The van der Waals surface area contributed by atoms with Crippen molar-refractivity contribution in [1.82, 2.24) is 15.1 Å². The largest absolute Gasteiger partial charge is 0.339 e. The molecule has 0 fully saturated rings. The molecular formula is C20H20N4O3. The zero-order valence-electron chi connectivity index (χ0n) is 15.2. The van der Waals surface area contributed by atoms with Crippen molar-refractivity contribution in [3.8, 4) is 0 Å². The molecule has 0 saturated heterocycles. The molecule has 0 spiro atoms. The molecule has 7 nitrogen and oxygen atoms in total. The van der Waals surface area contributed by atoms with Crippen LogP contribution in [0.5, 0.6) is 0 Å². The summed E-state index contributed by atoms with van der Waals surface area (Å²) in [5, 5.41) is 9.84. The van der Waals surface area contributed by atoms with Crippen LogP contribution < -0.4 is 10.9 Å². The number of H-pyrrole nitrogens is 1. The fourth-order valence-corrected chi connectivity index (χ4v) is 2.90. The molecule has 2 aromatic carbocycles. The van der Waals surface area contributed by atoms with Crippen LogP contribution in [0.1, 0.15) is 34.7 Å². The van der Waals surface area contributed by atoms with Crippen LogP contribution in [-0.2, 0) is 0 Å². The molecule has 0 radical (unpaired) electrons. The molecule has 1 aromatic heterocycles. The molecule has 27 heavy (non-hydrogen) atoms. The minimum absolute atomic E-state index is 0.0938. The van der Waals surface area contributed by atoms with E-state index in [4.69, 9.17) is 0 Å². The quantitative estimate of drug-likeness (QED) is 0.728. The van der Waals surface area contributed by atoms with Gasteiger partial charge in [0.25, 0.3) is 17.4 Å². The lowest BCUT2D eigenvalue weighted by Gasteiger charge is -2.19. The Hall–Kier alpha value is -3.48. The van der Waals surface area contributed by atoms with Crippen molar-refractivity contribution >= 4 is 28.3 Å². The Morgan fingerprint density at radius 3 is 2.44 bits per heavy atom. The number of hydrogen-bond donors (Lipinski definition) is 2. The first-order valence-electron chi connectivity index (χ1n) is 8.73. The number of rotatable bonds is 5. The summed E-state index contributed by atoms with van der Waals surface area (Å²) < 4.78 is 0. The van der Waals surface area contributed by atoms with Crippen LogP contribution in [0.25, 0.3) is 10.8 Å². The van der Waals surface area contributed by atoms with Gasteiger partial charge < -0.3 is 10.2 Å². The summed E-state index contributed by atoms with van der Waals surface area (Å²) in [6.07, 6.45) is 0. The van der Waals surface area contributed by atoms with E-state index in [9.17, 15) is 14.4 Å². The average molecular weight is 364 g/mol. The Balaban J connectivity index is 1.90. The summed E-state index contributed by atoms with van der Waals surface area (Å²) in [6.45, 7) is 5.05. The minimum Gasteiger partial charge on any atom is -0.339 e. The summed E-state index contributed by atoms with van der Waals surface area (Å²) in [4.78, 5) is 38.7.